The Hall–Kier alpha value is -1.29. The number of carbonyl (C=O) groups is 1. The van der Waals surface area contributed by atoms with E-state index in [1.54, 1.807) is 0 Å². The van der Waals surface area contributed by atoms with E-state index in [9.17, 15) is 9.90 Å². The molecular formula is C14H20O4. The van der Waals surface area contributed by atoms with Gasteiger partial charge in [0, 0.05) is 0 Å². The van der Waals surface area contributed by atoms with Crippen molar-refractivity contribution in [3.63, 3.8) is 0 Å². The van der Waals surface area contributed by atoms with Gasteiger partial charge >= 0.3 is 5.97 Å². The molecule has 2 rings (SSSR count). The highest BCUT2D eigenvalue weighted by Crippen LogP contribution is 2.34. The Morgan fingerprint density at radius 3 is 2.44 bits per heavy atom. The third-order valence-corrected chi connectivity index (χ3v) is 3.79. The van der Waals surface area contributed by atoms with E-state index in [4.69, 9.17) is 9.52 Å². The lowest BCUT2D eigenvalue weighted by atomic mass is 9.85. The van der Waals surface area contributed by atoms with Crippen LogP contribution in [0.3, 0.4) is 0 Å². The molecule has 1 saturated carbocycles. The van der Waals surface area contributed by atoms with Gasteiger partial charge in [-0.2, -0.15) is 0 Å². The number of carboxylic acids is 1. The van der Waals surface area contributed by atoms with Crippen LogP contribution in [0.5, 0.6) is 0 Å². The highest BCUT2D eigenvalue weighted by atomic mass is 16.4. The summed E-state index contributed by atoms with van der Waals surface area (Å²) in [5.74, 6) is -0.703. The first-order valence-corrected chi connectivity index (χ1v) is 6.69. The molecule has 1 aliphatic rings. The second-order valence-corrected chi connectivity index (χ2v) is 5.05. The molecule has 1 aromatic rings. The molecule has 1 heterocycles. The van der Waals surface area contributed by atoms with Gasteiger partial charge in [0.25, 0.3) is 0 Å². The van der Waals surface area contributed by atoms with E-state index in [1.165, 1.54) is 31.6 Å². The average Bonchev–Trinajstić information content (AvgIpc) is 2.76. The minimum absolute atomic E-state index is 0.0876. The van der Waals surface area contributed by atoms with Gasteiger partial charge in [0.15, 0.2) is 0 Å². The number of hydrogen-bond donors (Lipinski definition) is 2. The van der Waals surface area contributed by atoms with Crippen LogP contribution in [-0.2, 0) is 0 Å². The van der Waals surface area contributed by atoms with Crippen molar-refractivity contribution in [3.8, 4) is 0 Å². The van der Waals surface area contributed by atoms with E-state index in [0.717, 1.165) is 25.7 Å². The fraction of sp³-hybridized carbons (Fsp3) is 0.643. The van der Waals surface area contributed by atoms with E-state index in [0.29, 0.717) is 0 Å². The quantitative estimate of drug-likeness (QED) is 0.865. The molecule has 1 unspecified atom stereocenters. The van der Waals surface area contributed by atoms with Crippen LogP contribution in [0.4, 0.5) is 0 Å². The van der Waals surface area contributed by atoms with Gasteiger partial charge < -0.3 is 14.6 Å². The Labute approximate surface area is 107 Å². The van der Waals surface area contributed by atoms with Crippen LogP contribution >= 0.6 is 0 Å². The van der Waals surface area contributed by atoms with Gasteiger partial charge in [-0.05, 0) is 24.8 Å². The monoisotopic (exact) mass is 252 g/mol. The van der Waals surface area contributed by atoms with E-state index in [2.05, 4.69) is 0 Å². The van der Waals surface area contributed by atoms with Crippen LogP contribution in [0.25, 0.3) is 0 Å². The summed E-state index contributed by atoms with van der Waals surface area (Å²) in [7, 11) is 0. The fourth-order valence-electron chi connectivity index (χ4n) is 2.74. The lowest BCUT2D eigenvalue weighted by Gasteiger charge is -2.23. The van der Waals surface area contributed by atoms with E-state index < -0.39 is 12.1 Å². The van der Waals surface area contributed by atoms with Crippen LogP contribution in [0.15, 0.2) is 16.7 Å². The smallest absolute Gasteiger partial charge is 0.339 e. The van der Waals surface area contributed by atoms with Gasteiger partial charge in [-0.1, -0.05) is 32.1 Å². The zero-order valence-electron chi connectivity index (χ0n) is 10.5. The molecule has 1 aliphatic carbocycles. The fourth-order valence-corrected chi connectivity index (χ4v) is 2.74. The molecule has 18 heavy (non-hydrogen) atoms. The van der Waals surface area contributed by atoms with E-state index in [-0.39, 0.29) is 17.2 Å². The first-order valence-electron chi connectivity index (χ1n) is 6.69. The van der Waals surface area contributed by atoms with Crippen molar-refractivity contribution in [2.45, 2.75) is 51.0 Å². The predicted octanol–water partition coefficient (Wildman–Crippen LogP) is 3.37. The third kappa shape index (κ3) is 2.93. The normalized spacial score (nSPS) is 20.1. The maximum Gasteiger partial charge on any atom is 0.339 e. The summed E-state index contributed by atoms with van der Waals surface area (Å²) in [6.45, 7) is 0. The lowest BCUT2D eigenvalue weighted by Crippen LogP contribution is -2.16. The van der Waals surface area contributed by atoms with Crippen molar-refractivity contribution in [1.29, 1.82) is 0 Å². The van der Waals surface area contributed by atoms with Crippen LogP contribution in [0.2, 0.25) is 0 Å². The molecule has 0 bridgehead atoms. The van der Waals surface area contributed by atoms with Gasteiger partial charge in [-0.15, -0.1) is 0 Å². The Morgan fingerprint density at radius 1 is 1.22 bits per heavy atom. The minimum Gasteiger partial charge on any atom is -0.478 e. The molecule has 0 radical (unpaired) electrons. The number of rotatable bonds is 3. The van der Waals surface area contributed by atoms with Crippen LogP contribution in [0.1, 0.15) is 67.2 Å². The summed E-state index contributed by atoms with van der Waals surface area (Å²) in [4.78, 5) is 11.0. The number of aromatic carboxylic acids is 1. The predicted molar refractivity (Wildman–Crippen MR) is 66.4 cm³/mol. The molecule has 0 amide bonds. The summed E-state index contributed by atoms with van der Waals surface area (Å²) >= 11 is 0. The molecule has 1 atom stereocenters. The summed E-state index contributed by atoms with van der Waals surface area (Å²) < 4.78 is 5.18. The largest absolute Gasteiger partial charge is 0.478 e. The maximum absolute atomic E-state index is 11.0. The van der Waals surface area contributed by atoms with Crippen molar-refractivity contribution in [2.24, 2.45) is 5.92 Å². The molecule has 0 aliphatic heterocycles. The Balaban J connectivity index is 2.10. The first-order chi connectivity index (χ1) is 8.70. The number of furan rings is 1. The number of aliphatic hydroxyl groups is 1. The topological polar surface area (TPSA) is 70.7 Å². The molecule has 1 aromatic heterocycles. The second kappa shape index (κ2) is 6.05. The summed E-state index contributed by atoms with van der Waals surface area (Å²) in [5.41, 5.74) is 0.0876. The number of aliphatic hydroxyl groups excluding tert-OH is 1. The van der Waals surface area contributed by atoms with Crippen LogP contribution < -0.4 is 0 Å². The molecule has 4 heteroatoms. The summed E-state index contributed by atoms with van der Waals surface area (Å²) in [5, 5.41) is 19.4. The molecule has 100 valence electrons. The van der Waals surface area contributed by atoms with Crippen molar-refractivity contribution in [1.82, 2.24) is 0 Å². The zero-order valence-corrected chi connectivity index (χ0v) is 10.5. The van der Waals surface area contributed by atoms with E-state index in [1.807, 2.05) is 0 Å². The number of carboxylic acid groups (broad SMARTS) is 1. The molecule has 0 aromatic carbocycles. The minimum atomic E-state index is -1.04. The third-order valence-electron chi connectivity index (χ3n) is 3.79. The molecule has 4 nitrogen and oxygen atoms in total. The summed E-state index contributed by atoms with van der Waals surface area (Å²) in [6.07, 6.45) is 8.32. The summed E-state index contributed by atoms with van der Waals surface area (Å²) in [6, 6.07) is 1.41. The second-order valence-electron chi connectivity index (χ2n) is 5.05. The highest BCUT2D eigenvalue weighted by Gasteiger charge is 2.28. The molecular weight excluding hydrogens is 232 g/mol. The van der Waals surface area contributed by atoms with Gasteiger partial charge in [-0.3, -0.25) is 0 Å². The average molecular weight is 252 g/mol. The Kier molecular flexibility index (Phi) is 4.42. The van der Waals surface area contributed by atoms with Crippen molar-refractivity contribution in [3.05, 3.63) is 23.7 Å². The highest BCUT2D eigenvalue weighted by molar-refractivity contribution is 5.88. The Bertz CT molecular complexity index is 388. The van der Waals surface area contributed by atoms with Crippen molar-refractivity contribution < 1.29 is 19.4 Å². The number of hydrogen-bond acceptors (Lipinski definition) is 3. The lowest BCUT2D eigenvalue weighted by molar-refractivity contribution is 0.0604. The van der Waals surface area contributed by atoms with Crippen molar-refractivity contribution in [2.75, 3.05) is 0 Å². The maximum atomic E-state index is 11.0. The first kappa shape index (κ1) is 13.1. The van der Waals surface area contributed by atoms with Gasteiger partial charge in [0.1, 0.15) is 17.4 Å². The van der Waals surface area contributed by atoms with Gasteiger partial charge in [0.05, 0.1) is 6.26 Å². The SMILES string of the molecule is O=C(O)c1ccoc1C(O)C1CCCCCCC1. The molecule has 2 N–H and O–H groups in total. The van der Waals surface area contributed by atoms with E-state index >= 15 is 0 Å². The standard InChI is InChI=1S/C14H20O4/c15-12(10-6-4-2-1-3-5-7-10)13-11(14(16)17)8-9-18-13/h8-10,12,15H,1-7H2,(H,16,17). The van der Waals surface area contributed by atoms with Gasteiger partial charge in [0.2, 0.25) is 0 Å². The molecule has 0 spiro atoms. The zero-order chi connectivity index (χ0) is 13.0. The van der Waals surface area contributed by atoms with Gasteiger partial charge in [-0.25, -0.2) is 4.79 Å². The Morgan fingerprint density at radius 2 is 1.83 bits per heavy atom. The van der Waals surface area contributed by atoms with Crippen molar-refractivity contribution >= 4 is 5.97 Å². The molecule has 1 fully saturated rings. The van der Waals surface area contributed by atoms with Crippen LogP contribution in [0, 0.1) is 5.92 Å². The van der Waals surface area contributed by atoms with Crippen LogP contribution in [-0.4, -0.2) is 16.2 Å². The molecule has 0 saturated heterocycles.